The lowest BCUT2D eigenvalue weighted by molar-refractivity contribution is 0.0916. The summed E-state index contributed by atoms with van der Waals surface area (Å²) in [5, 5.41) is 13.0. The Kier molecular flexibility index (Phi) is 33.5. The Morgan fingerprint density at radius 2 is 0.812 bits per heavy atom. The molecule has 0 radical (unpaired) electrons. The average molecular weight is 979 g/mol. The summed E-state index contributed by atoms with van der Waals surface area (Å²) in [6.07, 6.45) is 14.4. The van der Waals surface area contributed by atoms with Crippen LogP contribution in [0.4, 0.5) is 0 Å². The zero-order valence-corrected chi connectivity index (χ0v) is 49.9. The molecule has 11 heteroatoms. The lowest BCUT2D eigenvalue weighted by Crippen LogP contribution is -2.50. The maximum Gasteiger partial charge on any atom is 0.0911 e. The highest BCUT2D eigenvalue weighted by Gasteiger charge is 2.28. The highest BCUT2D eigenvalue weighted by Crippen LogP contribution is 2.24. The Morgan fingerprint density at radius 1 is 0.507 bits per heavy atom. The molecule has 11 nitrogen and oxygen atoms in total. The molecule has 5 aliphatic heterocycles. The highest BCUT2D eigenvalue weighted by molar-refractivity contribution is 4.93. The summed E-state index contributed by atoms with van der Waals surface area (Å²) < 4.78 is 0. The van der Waals surface area contributed by atoms with Crippen LogP contribution in [0.2, 0.25) is 0 Å². The zero-order chi connectivity index (χ0) is 52.7. The number of nitrogens with zero attached hydrogens (tertiary/aromatic N) is 6. The van der Waals surface area contributed by atoms with E-state index in [1.165, 1.54) is 110 Å². The fourth-order valence-electron chi connectivity index (χ4n) is 8.92. The fourth-order valence-corrected chi connectivity index (χ4v) is 8.92. The van der Waals surface area contributed by atoms with Gasteiger partial charge in [0.2, 0.25) is 0 Å². The normalized spacial score (nSPS) is 20.7. The molecule has 6 N–H and O–H groups in total. The van der Waals surface area contributed by atoms with E-state index in [0.29, 0.717) is 51.6 Å². The minimum atomic E-state index is 0. The molecule has 5 saturated heterocycles. The van der Waals surface area contributed by atoms with Gasteiger partial charge >= 0.3 is 0 Å². The van der Waals surface area contributed by atoms with Crippen LogP contribution in [0.1, 0.15) is 203 Å². The van der Waals surface area contributed by atoms with Crippen LogP contribution in [0.15, 0.2) is 24.8 Å². The Bertz CT molecular complexity index is 1270. The molecule has 5 heterocycles. The second-order valence-electron chi connectivity index (χ2n) is 26.2. The van der Waals surface area contributed by atoms with Crippen molar-refractivity contribution in [1.82, 2.24) is 50.7 Å². The van der Waals surface area contributed by atoms with Crippen LogP contribution < -0.4 is 27.0 Å². The number of likely N-dealkylation sites (tertiary alicyclic amines) is 5. The summed E-state index contributed by atoms with van der Waals surface area (Å²) in [5.74, 6) is 2.49. The molecule has 0 amide bonds. The SMILES string of the molecule is C.C=C(N)NC1CCN(C(C)(C)C)CC1.C=C(NC)NC1CCN(C(C)C)CC1.CC(C)(C)N1CCCCC1.CC1CCN(C(C)(C)C)CC1.CN(C)C(C)(C)C.CNC1CCN(C(C)(C)C)CC1. The van der Waals surface area contributed by atoms with Gasteiger partial charge in [0.05, 0.1) is 11.6 Å². The van der Waals surface area contributed by atoms with Gasteiger partial charge in [-0.25, -0.2) is 0 Å². The average Bonchev–Trinajstić information content (AvgIpc) is 3.24. The first-order valence-electron chi connectivity index (χ1n) is 27.5. The molecule has 5 fully saturated rings. The van der Waals surface area contributed by atoms with Crippen LogP contribution in [0.25, 0.3) is 0 Å². The molecule has 0 aromatic heterocycles. The van der Waals surface area contributed by atoms with E-state index in [9.17, 15) is 0 Å². The summed E-state index contributed by atoms with van der Waals surface area (Å²) >= 11 is 0. The fraction of sp³-hybridized carbons (Fsp3) is 0.931. The predicted octanol–water partition coefficient (Wildman–Crippen LogP) is 10.6. The second-order valence-corrected chi connectivity index (χ2v) is 26.2. The number of nitrogens with one attached hydrogen (secondary N) is 4. The first-order chi connectivity index (χ1) is 31.1. The van der Waals surface area contributed by atoms with Crippen molar-refractivity contribution < 1.29 is 0 Å². The maximum absolute atomic E-state index is 5.52. The van der Waals surface area contributed by atoms with Gasteiger partial charge in [0.15, 0.2) is 0 Å². The topological polar surface area (TPSA) is 93.6 Å². The predicted molar refractivity (Wildman–Crippen MR) is 310 cm³/mol. The molecule has 0 aromatic rings. The minimum Gasteiger partial charge on any atom is -0.386 e. The van der Waals surface area contributed by atoms with Gasteiger partial charge in [0.1, 0.15) is 0 Å². The zero-order valence-electron chi connectivity index (χ0n) is 49.9. The third kappa shape index (κ3) is 32.3. The molecule has 5 rings (SSSR count). The first kappa shape index (κ1) is 69.5. The van der Waals surface area contributed by atoms with Crippen molar-refractivity contribution >= 4 is 0 Å². The van der Waals surface area contributed by atoms with Crippen molar-refractivity contribution in [2.75, 3.05) is 93.6 Å². The van der Waals surface area contributed by atoms with Gasteiger partial charge in [-0.3, -0.25) is 19.6 Å². The van der Waals surface area contributed by atoms with Crippen molar-refractivity contribution in [1.29, 1.82) is 0 Å². The molecule has 5 aliphatic rings. The summed E-state index contributed by atoms with van der Waals surface area (Å²) in [4.78, 5) is 15.0. The molecule has 0 aromatic carbocycles. The van der Waals surface area contributed by atoms with Crippen LogP contribution in [0.3, 0.4) is 0 Å². The molecule has 0 saturated carbocycles. The van der Waals surface area contributed by atoms with E-state index in [2.05, 4.69) is 210 Å². The maximum atomic E-state index is 5.52. The molecule has 69 heavy (non-hydrogen) atoms. The quantitative estimate of drug-likeness (QED) is 0.169. The van der Waals surface area contributed by atoms with E-state index in [1.807, 2.05) is 7.05 Å². The van der Waals surface area contributed by atoms with E-state index in [1.54, 1.807) is 0 Å². The van der Waals surface area contributed by atoms with Crippen molar-refractivity contribution in [3.8, 4) is 0 Å². The van der Waals surface area contributed by atoms with Crippen LogP contribution in [0.5, 0.6) is 0 Å². The van der Waals surface area contributed by atoms with Gasteiger partial charge in [0, 0.05) is 98.2 Å². The van der Waals surface area contributed by atoms with E-state index in [-0.39, 0.29) is 7.43 Å². The summed E-state index contributed by atoms with van der Waals surface area (Å²) in [7, 11) is 8.13. The Morgan fingerprint density at radius 3 is 1.09 bits per heavy atom. The smallest absolute Gasteiger partial charge is 0.0911 e. The molecule has 0 unspecified atom stereocenters. The molecule has 0 aliphatic carbocycles. The van der Waals surface area contributed by atoms with E-state index >= 15 is 0 Å². The standard InChI is InChI=1S/2C11H23N3.C10H22N2.C10H21N.C9H19N.C6H15N.CH4/c1-9(12)13-10-5-7-14(8-6-10)11(2,3)4;1-9(2)14-7-5-11(6-8-14)13-10(3)12-4;1-10(2,3)12-7-5-9(11-4)6-8-12;1-9-5-7-11(8-6-9)10(2,3)4;1-9(2,3)10-7-5-4-6-8-10;1-6(2,3)7(4)5;/h10,13H,1,5-8,12H2,2-4H3;9,11-13H,3,5-8H2,1-2,4H3;9,11H,5-8H2,1-4H3;9H,5-8H2,1-4H3;4-8H2,1-3H3;1-5H3;1H4. The van der Waals surface area contributed by atoms with Crippen molar-refractivity contribution in [2.45, 2.75) is 255 Å². The van der Waals surface area contributed by atoms with E-state index in [0.717, 1.165) is 43.7 Å². The van der Waals surface area contributed by atoms with E-state index < -0.39 is 0 Å². The van der Waals surface area contributed by atoms with E-state index in [4.69, 9.17) is 5.73 Å². The van der Waals surface area contributed by atoms with Crippen molar-refractivity contribution in [3.05, 3.63) is 24.8 Å². The third-order valence-electron chi connectivity index (χ3n) is 15.0. The van der Waals surface area contributed by atoms with Crippen LogP contribution in [0, 0.1) is 5.92 Å². The highest BCUT2D eigenvalue weighted by atomic mass is 15.2. The van der Waals surface area contributed by atoms with Gasteiger partial charge in [-0.1, -0.05) is 33.9 Å². The molecule has 414 valence electrons. The largest absolute Gasteiger partial charge is 0.386 e. The molecular formula is C58H127N11. The molecule has 0 bridgehead atoms. The number of rotatable bonds is 7. The van der Waals surface area contributed by atoms with Crippen LogP contribution in [-0.2, 0) is 0 Å². The monoisotopic (exact) mass is 978 g/mol. The van der Waals surface area contributed by atoms with Gasteiger partial charge in [-0.2, -0.15) is 0 Å². The summed E-state index contributed by atoms with van der Waals surface area (Å²) in [5.41, 5.74) is 7.31. The van der Waals surface area contributed by atoms with Crippen LogP contribution >= 0.6 is 0 Å². The summed E-state index contributed by atoms with van der Waals surface area (Å²) in [6.45, 7) is 60.9. The Balaban J connectivity index is 0. The first-order valence-corrected chi connectivity index (χ1v) is 27.5. The number of nitrogens with two attached hydrogens (primary N) is 1. The number of hydrogen-bond donors (Lipinski definition) is 5. The second kappa shape index (κ2) is 33.3. The van der Waals surface area contributed by atoms with Gasteiger partial charge in [-0.05, 0) is 235 Å². The number of piperidine rings is 5. The molecular weight excluding hydrogens is 851 g/mol. The lowest BCUT2D eigenvalue weighted by atomic mass is 9.95. The third-order valence-corrected chi connectivity index (χ3v) is 15.0. The lowest BCUT2D eigenvalue weighted by Gasteiger charge is -2.41. The number of hydrogen-bond acceptors (Lipinski definition) is 11. The van der Waals surface area contributed by atoms with Gasteiger partial charge in [-0.15, -0.1) is 0 Å². The minimum absolute atomic E-state index is 0. The van der Waals surface area contributed by atoms with Gasteiger partial charge in [0.25, 0.3) is 0 Å². The Hall–Kier alpha value is -1.60. The van der Waals surface area contributed by atoms with Crippen LogP contribution in [-0.4, -0.2) is 175 Å². The summed E-state index contributed by atoms with van der Waals surface area (Å²) in [6, 6.07) is 2.56. The molecule has 0 atom stereocenters. The van der Waals surface area contributed by atoms with Gasteiger partial charge < -0.3 is 36.8 Å². The Labute approximate surface area is 433 Å². The van der Waals surface area contributed by atoms with Crippen molar-refractivity contribution in [2.24, 2.45) is 11.7 Å². The van der Waals surface area contributed by atoms with Crippen molar-refractivity contribution in [3.63, 3.8) is 0 Å². The molecule has 0 spiro atoms.